The van der Waals surface area contributed by atoms with Crippen molar-refractivity contribution in [3.63, 3.8) is 0 Å². The zero-order valence-corrected chi connectivity index (χ0v) is 7.61. The van der Waals surface area contributed by atoms with E-state index in [1.54, 1.807) is 6.08 Å². The van der Waals surface area contributed by atoms with Crippen molar-refractivity contribution in [2.75, 3.05) is 0 Å². The predicted molar refractivity (Wildman–Crippen MR) is 50.8 cm³/mol. The quantitative estimate of drug-likeness (QED) is 0.518. The van der Waals surface area contributed by atoms with Crippen LogP contribution in [-0.4, -0.2) is 22.6 Å². The fourth-order valence-electron chi connectivity index (χ4n) is 1.55. The van der Waals surface area contributed by atoms with E-state index in [-0.39, 0.29) is 6.04 Å². The second-order valence-electron chi connectivity index (χ2n) is 3.17. The van der Waals surface area contributed by atoms with Crippen LogP contribution in [0.15, 0.2) is 34.7 Å². The van der Waals surface area contributed by atoms with Gasteiger partial charge in [-0.3, -0.25) is 0 Å². The lowest BCUT2D eigenvalue weighted by molar-refractivity contribution is 0.428. The van der Waals surface area contributed by atoms with Crippen LogP contribution in [0.5, 0.6) is 0 Å². The van der Waals surface area contributed by atoms with E-state index in [1.807, 2.05) is 36.8 Å². The summed E-state index contributed by atoms with van der Waals surface area (Å²) in [5, 5.41) is 0. The molecule has 0 fully saturated rings. The highest BCUT2D eigenvalue weighted by molar-refractivity contribution is 5.91. The molecule has 3 heteroatoms. The lowest BCUT2D eigenvalue weighted by atomic mass is 10.2. The minimum Gasteiger partial charge on any atom is -0.309 e. The van der Waals surface area contributed by atoms with Gasteiger partial charge in [-0.15, -0.1) is 0 Å². The Morgan fingerprint density at radius 1 is 1.62 bits per heavy atom. The van der Waals surface area contributed by atoms with Crippen LogP contribution in [-0.2, 0) is 4.79 Å². The Balaban J connectivity index is 2.49. The molecular formula is C10H10N2O. The molecule has 1 unspecified atom stereocenters. The molecule has 0 radical (unpaired) electrons. The average Bonchev–Trinajstić information content (AvgIpc) is 2.43. The van der Waals surface area contributed by atoms with Gasteiger partial charge in [-0.05, 0) is 26.0 Å². The van der Waals surface area contributed by atoms with E-state index in [1.165, 1.54) is 0 Å². The van der Waals surface area contributed by atoms with Gasteiger partial charge in [0.2, 0.25) is 0 Å². The van der Waals surface area contributed by atoms with Gasteiger partial charge in [-0.25, -0.2) is 9.79 Å². The van der Waals surface area contributed by atoms with E-state index in [0.29, 0.717) is 5.70 Å². The van der Waals surface area contributed by atoms with Gasteiger partial charge in [0.15, 0.2) is 5.94 Å². The fraction of sp³-hybridized carbons (Fsp3) is 0.300. The number of hydrogen-bond donors (Lipinski definition) is 0. The maximum atomic E-state index is 10.6. The summed E-state index contributed by atoms with van der Waals surface area (Å²) in [6.07, 6.45) is 5.47. The minimum atomic E-state index is 0.174. The third kappa shape index (κ3) is 1.05. The van der Waals surface area contributed by atoms with Crippen molar-refractivity contribution in [2.45, 2.75) is 19.9 Å². The van der Waals surface area contributed by atoms with Gasteiger partial charge >= 0.3 is 0 Å². The summed E-state index contributed by atoms with van der Waals surface area (Å²) >= 11 is 0. The Bertz CT molecular complexity index is 384. The number of nitrogens with zero attached hydrogens (tertiary/aromatic N) is 2. The van der Waals surface area contributed by atoms with Crippen molar-refractivity contribution in [3.05, 3.63) is 29.7 Å². The van der Waals surface area contributed by atoms with E-state index in [9.17, 15) is 4.79 Å². The fourth-order valence-corrected chi connectivity index (χ4v) is 1.55. The molecule has 0 amide bonds. The second-order valence-corrected chi connectivity index (χ2v) is 3.17. The zero-order valence-electron chi connectivity index (χ0n) is 7.61. The SMILES string of the molecule is CC1=NC2=CC=CC(=C=O)N2C1C. The predicted octanol–water partition coefficient (Wildman–Crippen LogP) is 1.28. The minimum absolute atomic E-state index is 0.174. The lowest BCUT2D eigenvalue weighted by Crippen LogP contribution is -2.30. The van der Waals surface area contributed by atoms with E-state index < -0.39 is 0 Å². The van der Waals surface area contributed by atoms with Gasteiger partial charge in [-0.1, -0.05) is 6.08 Å². The average molecular weight is 174 g/mol. The van der Waals surface area contributed by atoms with E-state index in [4.69, 9.17) is 0 Å². The highest BCUT2D eigenvalue weighted by atomic mass is 16.1. The molecular weight excluding hydrogens is 164 g/mol. The molecule has 0 aromatic rings. The summed E-state index contributed by atoms with van der Waals surface area (Å²) in [6.45, 7) is 3.99. The molecule has 0 bridgehead atoms. The first kappa shape index (κ1) is 8.02. The Morgan fingerprint density at radius 3 is 3.08 bits per heavy atom. The molecule has 0 spiro atoms. The van der Waals surface area contributed by atoms with Gasteiger partial charge in [0.1, 0.15) is 11.5 Å². The van der Waals surface area contributed by atoms with Crippen molar-refractivity contribution in [1.82, 2.24) is 4.90 Å². The number of carbonyl (C=O) groups excluding carboxylic acids is 1. The normalized spacial score (nSPS) is 25.2. The van der Waals surface area contributed by atoms with Crippen LogP contribution in [0.4, 0.5) is 0 Å². The largest absolute Gasteiger partial charge is 0.309 e. The van der Waals surface area contributed by atoms with Crippen LogP contribution in [0.2, 0.25) is 0 Å². The molecule has 0 aromatic heterocycles. The molecule has 0 aliphatic carbocycles. The van der Waals surface area contributed by atoms with Crippen LogP contribution in [0.3, 0.4) is 0 Å². The standard InChI is InChI=1S/C10H10N2O/c1-7-8(2)12-9(6-13)4-3-5-10(12)11-7/h3-5,8H,1-2H3. The monoisotopic (exact) mass is 174 g/mol. The second kappa shape index (κ2) is 2.71. The van der Waals surface area contributed by atoms with Crippen LogP contribution in [0, 0.1) is 0 Å². The third-order valence-corrected chi connectivity index (χ3v) is 2.39. The molecule has 0 aromatic carbocycles. The third-order valence-electron chi connectivity index (χ3n) is 2.39. The van der Waals surface area contributed by atoms with Gasteiger partial charge in [0.25, 0.3) is 0 Å². The maximum absolute atomic E-state index is 10.6. The highest BCUT2D eigenvalue weighted by Crippen LogP contribution is 2.27. The lowest BCUT2D eigenvalue weighted by Gasteiger charge is -2.24. The Labute approximate surface area is 76.8 Å². The number of fused-ring (bicyclic) bond motifs is 1. The summed E-state index contributed by atoms with van der Waals surface area (Å²) in [6, 6.07) is 0.174. The van der Waals surface area contributed by atoms with E-state index >= 15 is 0 Å². The van der Waals surface area contributed by atoms with Crippen molar-refractivity contribution in [2.24, 2.45) is 4.99 Å². The number of rotatable bonds is 0. The summed E-state index contributed by atoms with van der Waals surface area (Å²) in [5.74, 6) is 2.76. The van der Waals surface area contributed by atoms with Crippen LogP contribution < -0.4 is 0 Å². The molecule has 2 heterocycles. The molecule has 0 N–H and O–H groups in total. The first-order valence-corrected chi connectivity index (χ1v) is 4.22. The maximum Gasteiger partial charge on any atom is 0.150 e. The molecule has 0 saturated carbocycles. The number of hydrogen-bond acceptors (Lipinski definition) is 3. The van der Waals surface area contributed by atoms with E-state index in [2.05, 4.69) is 4.99 Å². The molecule has 2 rings (SSSR count). The van der Waals surface area contributed by atoms with Crippen LogP contribution in [0.25, 0.3) is 0 Å². The van der Waals surface area contributed by atoms with Crippen molar-refractivity contribution < 1.29 is 4.79 Å². The van der Waals surface area contributed by atoms with Gasteiger partial charge in [0.05, 0.1) is 6.04 Å². The Morgan fingerprint density at radius 2 is 2.38 bits per heavy atom. The Kier molecular flexibility index (Phi) is 1.67. The molecule has 1 atom stereocenters. The van der Waals surface area contributed by atoms with Gasteiger partial charge in [0, 0.05) is 5.71 Å². The van der Waals surface area contributed by atoms with Gasteiger partial charge < -0.3 is 4.90 Å². The Hall–Kier alpha value is -1.60. The number of allylic oxidation sites excluding steroid dienone is 3. The molecule has 2 aliphatic heterocycles. The first-order chi connectivity index (χ1) is 6.24. The zero-order chi connectivity index (χ0) is 9.42. The summed E-state index contributed by atoms with van der Waals surface area (Å²) < 4.78 is 0. The van der Waals surface area contributed by atoms with Crippen molar-refractivity contribution in [3.8, 4) is 0 Å². The van der Waals surface area contributed by atoms with Gasteiger partial charge in [-0.2, -0.15) is 0 Å². The summed E-state index contributed by atoms with van der Waals surface area (Å²) in [5.41, 5.74) is 1.59. The molecule has 2 aliphatic rings. The highest BCUT2D eigenvalue weighted by Gasteiger charge is 2.29. The molecule has 3 nitrogen and oxygen atoms in total. The molecule has 0 saturated heterocycles. The molecule has 13 heavy (non-hydrogen) atoms. The topological polar surface area (TPSA) is 32.7 Å². The van der Waals surface area contributed by atoms with Crippen molar-refractivity contribution in [1.29, 1.82) is 0 Å². The van der Waals surface area contributed by atoms with Crippen molar-refractivity contribution >= 4 is 11.7 Å². The van der Waals surface area contributed by atoms with E-state index in [0.717, 1.165) is 11.5 Å². The smallest absolute Gasteiger partial charge is 0.150 e. The van der Waals surface area contributed by atoms with Crippen LogP contribution in [0.1, 0.15) is 13.8 Å². The van der Waals surface area contributed by atoms with Crippen LogP contribution >= 0.6 is 0 Å². The molecule has 66 valence electrons. The summed E-state index contributed by atoms with van der Waals surface area (Å²) in [4.78, 5) is 16.9. The summed E-state index contributed by atoms with van der Waals surface area (Å²) in [7, 11) is 0. The first-order valence-electron chi connectivity index (χ1n) is 4.22. The number of aliphatic imine (C=N–C) groups is 1.